The standard InChI is InChI=1S/C15H24FN3O/c1-3-10-18-15(20)12(2)19(11-4-9-17)14-7-5-13(16)6-8-14/h5-8,12H,3-4,9-11,17H2,1-2H3,(H,18,20). The number of hydrogen-bond donors (Lipinski definition) is 2. The summed E-state index contributed by atoms with van der Waals surface area (Å²) in [5.41, 5.74) is 6.38. The third-order valence-electron chi connectivity index (χ3n) is 3.16. The van der Waals surface area contributed by atoms with Gasteiger partial charge in [-0.25, -0.2) is 4.39 Å². The smallest absolute Gasteiger partial charge is 0.242 e. The van der Waals surface area contributed by atoms with Gasteiger partial charge in [-0.2, -0.15) is 0 Å². The van der Waals surface area contributed by atoms with Crippen LogP contribution < -0.4 is 16.0 Å². The Kier molecular flexibility index (Phi) is 7.01. The number of hydrogen-bond acceptors (Lipinski definition) is 3. The fourth-order valence-corrected chi connectivity index (χ4v) is 1.98. The summed E-state index contributed by atoms with van der Waals surface area (Å²) < 4.78 is 13.0. The largest absolute Gasteiger partial charge is 0.360 e. The summed E-state index contributed by atoms with van der Waals surface area (Å²) in [4.78, 5) is 14.0. The van der Waals surface area contributed by atoms with Crippen molar-refractivity contribution in [3.8, 4) is 0 Å². The molecule has 0 aromatic heterocycles. The Hall–Kier alpha value is -1.62. The van der Waals surface area contributed by atoms with Crippen molar-refractivity contribution in [3.05, 3.63) is 30.1 Å². The van der Waals surface area contributed by atoms with Crippen LogP contribution in [0.25, 0.3) is 0 Å². The van der Waals surface area contributed by atoms with E-state index in [9.17, 15) is 9.18 Å². The van der Waals surface area contributed by atoms with Crippen LogP contribution in [0.2, 0.25) is 0 Å². The zero-order chi connectivity index (χ0) is 15.0. The number of carbonyl (C=O) groups is 1. The van der Waals surface area contributed by atoms with Crippen molar-refractivity contribution >= 4 is 11.6 Å². The van der Waals surface area contributed by atoms with Crippen LogP contribution in [0.15, 0.2) is 24.3 Å². The summed E-state index contributed by atoms with van der Waals surface area (Å²) in [6.07, 6.45) is 1.68. The van der Waals surface area contributed by atoms with Gasteiger partial charge in [0.25, 0.3) is 0 Å². The molecule has 4 nitrogen and oxygen atoms in total. The number of nitrogens with one attached hydrogen (secondary N) is 1. The van der Waals surface area contributed by atoms with E-state index in [1.807, 2.05) is 18.7 Å². The first-order valence-corrected chi connectivity index (χ1v) is 7.10. The molecule has 1 amide bonds. The highest BCUT2D eigenvalue weighted by molar-refractivity contribution is 5.84. The van der Waals surface area contributed by atoms with E-state index in [0.29, 0.717) is 19.6 Å². The lowest BCUT2D eigenvalue weighted by molar-refractivity contribution is -0.122. The highest BCUT2D eigenvalue weighted by Gasteiger charge is 2.20. The number of nitrogens with two attached hydrogens (primary N) is 1. The molecule has 0 saturated carbocycles. The molecule has 1 unspecified atom stereocenters. The Labute approximate surface area is 120 Å². The van der Waals surface area contributed by atoms with E-state index in [1.165, 1.54) is 12.1 Å². The normalized spacial score (nSPS) is 12.0. The molecule has 3 N–H and O–H groups in total. The molecule has 20 heavy (non-hydrogen) atoms. The highest BCUT2D eigenvalue weighted by Crippen LogP contribution is 2.18. The molecular formula is C15H24FN3O. The van der Waals surface area contributed by atoms with E-state index in [-0.39, 0.29) is 17.8 Å². The second-order valence-corrected chi connectivity index (χ2v) is 4.78. The van der Waals surface area contributed by atoms with Crippen LogP contribution in [0.5, 0.6) is 0 Å². The number of amides is 1. The molecule has 0 aliphatic carbocycles. The van der Waals surface area contributed by atoms with Crippen molar-refractivity contribution in [1.29, 1.82) is 0 Å². The number of halogens is 1. The van der Waals surface area contributed by atoms with Gasteiger partial charge in [0.2, 0.25) is 5.91 Å². The SMILES string of the molecule is CCCNC(=O)C(C)N(CCCN)c1ccc(F)cc1. The molecule has 0 aliphatic rings. The second kappa shape index (κ2) is 8.53. The molecule has 0 radical (unpaired) electrons. The number of benzene rings is 1. The molecule has 1 rings (SSSR count). The lowest BCUT2D eigenvalue weighted by Gasteiger charge is -2.30. The summed E-state index contributed by atoms with van der Waals surface area (Å²) in [6.45, 7) is 5.75. The Balaban J connectivity index is 2.82. The average molecular weight is 281 g/mol. The minimum atomic E-state index is -0.307. The summed E-state index contributed by atoms with van der Waals surface area (Å²) >= 11 is 0. The number of nitrogens with zero attached hydrogens (tertiary/aromatic N) is 1. The van der Waals surface area contributed by atoms with Crippen molar-refractivity contribution < 1.29 is 9.18 Å². The Morgan fingerprint density at radius 1 is 1.40 bits per heavy atom. The van der Waals surface area contributed by atoms with Crippen molar-refractivity contribution in [2.75, 3.05) is 24.5 Å². The summed E-state index contributed by atoms with van der Waals surface area (Å²) in [5, 5.41) is 2.88. The van der Waals surface area contributed by atoms with Crippen LogP contribution in [0, 0.1) is 5.82 Å². The maximum atomic E-state index is 13.0. The monoisotopic (exact) mass is 281 g/mol. The van der Waals surface area contributed by atoms with E-state index < -0.39 is 0 Å². The van der Waals surface area contributed by atoms with Crippen LogP contribution in [-0.4, -0.2) is 31.6 Å². The van der Waals surface area contributed by atoms with Crippen LogP contribution in [0.4, 0.5) is 10.1 Å². The molecule has 0 spiro atoms. The molecule has 0 fully saturated rings. The summed E-state index contributed by atoms with van der Waals surface area (Å²) in [7, 11) is 0. The van der Waals surface area contributed by atoms with Gasteiger partial charge >= 0.3 is 0 Å². The van der Waals surface area contributed by atoms with Crippen LogP contribution in [0.1, 0.15) is 26.7 Å². The first-order chi connectivity index (χ1) is 9.60. The van der Waals surface area contributed by atoms with E-state index in [1.54, 1.807) is 12.1 Å². The highest BCUT2D eigenvalue weighted by atomic mass is 19.1. The van der Waals surface area contributed by atoms with Gasteiger partial charge in [-0.15, -0.1) is 0 Å². The second-order valence-electron chi connectivity index (χ2n) is 4.78. The lowest BCUT2D eigenvalue weighted by Crippen LogP contribution is -2.46. The predicted molar refractivity (Wildman–Crippen MR) is 80.2 cm³/mol. The van der Waals surface area contributed by atoms with Gasteiger partial charge in [0.05, 0.1) is 0 Å². The van der Waals surface area contributed by atoms with Crippen LogP contribution in [0.3, 0.4) is 0 Å². The molecular weight excluding hydrogens is 257 g/mol. The zero-order valence-corrected chi connectivity index (χ0v) is 12.2. The van der Waals surface area contributed by atoms with E-state index in [4.69, 9.17) is 5.73 Å². The Morgan fingerprint density at radius 2 is 2.05 bits per heavy atom. The third-order valence-corrected chi connectivity index (χ3v) is 3.16. The number of anilines is 1. The summed E-state index contributed by atoms with van der Waals surface area (Å²) in [5.74, 6) is -0.302. The van der Waals surface area contributed by atoms with E-state index in [2.05, 4.69) is 5.32 Å². The van der Waals surface area contributed by atoms with Gasteiger partial charge in [0.15, 0.2) is 0 Å². The topological polar surface area (TPSA) is 58.4 Å². The molecule has 112 valence electrons. The van der Waals surface area contributed by atoms with Gasteiger partial charge in [0, 0.05) is 18.8 Å². The minimum Gasteiger partial charge on any atom is -0.360 e. The number of rotatable bonds is 8. The molecule has 0 bridgehead atoms. The zero-order valence-electron chi connectivity index (χ0n) is 12.2. The first kappa shape index (κ1) is 16.4. The van der Waals surface area contributed by atoms with Crippen molar-refractivity contribution in [2.24, 2.45) is 5.73 Å². The first-order valence-electron chi connectivity index (χ1n) is 7.10. The predicted octanol–water partition coefficient (Wildman–Crippen LogP) is 1.90. The Bertz CT molecular complexity index is 408. The molecule has 1 aromatic carbocycles. The van der Waals surface area contributed by atoms with E-state index in [0.717, 1.165) is 18.5 Å². The average Bonchev–Trinajstić information content (AvgIpc) is 2.46. The molecule has 1 aromatic rings. The summed E-state index contributed by atoms with van der Waals surface area (Å²) in [6, 6.07) is 5.88. The minimum absolute atomic E-state index is 0.0202. The van der Waals surface area contributed by atoms with Crippen LogP contribution in [-0.2, 0) is 4.79 Å². The van der Waals surface area contributed by atoms with Gasteiger partial charge in [-0.05, 0) is 50.6 Å². The molecule has 0 saturated heterocycles. The molecule has 1 atom stereocenters. The lowest BCUT2D eigenvalue weighted by atomic mass is 10.2. The van der Waals surface area contributed by atoms with E-state index >= 15 is 0 Å². The van der Waals surface area contributed by atoms with Crippen LogP contribution >= 0.6 is 0 Å². The Morgan fingerprint density at radius 3 is 2.60 bits per heavy atom. The maximum Gasteiger partial charge on any atom is 0.242 e. The fraction of sp³-hybridized carbons (Fsp3) is 0.533. The molecule has 0 heterocycles. The quantitative estimate of drug-likeness (QED) is 0.765. The molecule has 5 heteroatoms. The van der Waals surface area contributed by atoms with Crippen molar-refractivity contribution in [1.82, 2.24) is 5.32 Å². The fourth-order valence-electron chi connectivity index (χ4n) is 1.98. The van der Waals surface area contributed by atoms with Gasteiger partial charge in [-0.1, -0.05) is 6.92 Å². The van der Waals surface area contributed by atoms with Gasteiger partial charge < -0.3 is 16.0 Å². The third kappa shape index (κ3) is 4.81. The number of carbonyl (C=O) groups excluding carboxylic acids is 1. The van der Waals surface area contributed by atoms with Gasteiger partial charge in [-0.3, -0.25) is 4.79 Å². The van der Waals surface area contributed by atoms with Crippen molar-refractivity contribution in [3.63, 3.8) is 0 Å². The molecule has 0 aliphatic heterocycles. The van der Waals surface area contributed by atoms with Gasteiger partial charge in [0.1, 0.15) is 11.9 Å². The van der Waals surface area contributed by atoms with Crippen molar-refractivity contribution in [2.45, 2.75) is 32.7 Å². The maximum absolute atomic E-state index is 13.0.